The van der Waals surface area contributed by atoms with Gasteiger partial charge in [-0.1, -0.05) is 38.3 Å². The molecule has 2 aliphatic rings. The summed E-state index contributed by atoms with van der Waals surface area (Å²) in [6.45, 7) is 3.09. The number of hydrogen-bond acceptors (Lipinski definition) is 6. The monoisotopic (exact) mass is 400 g/mol. The van der Waals surface area contributed by atoms with Crippen LogP contribution in [0, 0.1) is 5.92 Å². The van der Waals surface area contributed by atoms with Gasteiger partial charge in [-0.3, -0.25) is 0 Å². The summed E-state index contributed by atoms with van der Waals surface area (Å²) in [5, 5.41) is 19.7. The van der Waals surface area contributed by atoms with Gasteiger partial charge in [0, 0.05) is 32.7 Å². The smallest absolute Gasteiger partial charge is 0.160 e. The summed E-state index contributed by atoms with van der Waals surface area (Å²) in [6.07, 6.45) is 12.3. The quantitative estimate of drug-likeness (QED) is 0.385. The van der Waals surface area contributed by atoms with Crippen LogP contribution in [-0.4, -0.2) is 61.4 Å². The van der Waals surface area contributed by atoms with Gasteiger partial charge in [0.25, 0.3) is 0 Å². The Morgan fingerprint density at radius 3 is 2.71 bits per heavy atom. The van der Waals surface area contributed by atoms with Crippen molar-refractivity contribution in [1.82, 2.24) is 0 Å². The lowest BCUT2D eigenvalue weighted by molar-refractivity contribution is -0.215. The standard InChI is InChI=1S/C22H40O6/c1-3-4-5-9-17(27-21-11-6-7-15-26-21)12-13-20-18(10-8-14-23)19(24)16-22(25-2)28-20/h12-13,17-24H,3-11,14-16H2,1-2H3/t17?,18-,19-,20-,21?,22-/m1/s1. The predicted molar refractivity (Wildman–Crippen MR) is 108 cm³/mol. The highest BCUT2D eigenvalue weighted by Crippen LogP contribution is 2.31. The molecule has 0 saturated carbocycles. The highest BCUT2D eigenvalue weighted by Gasteiger charge is 2.36. The molecule has 2 aliphatic heterocycles. The van der Waals surface area contributed by atoms with Crippen molar-refractivity contribution in [3.05, 3.63) is 12.2 Å². The van der Waals surface area contributed by atoms with Gasteiger partial charge in [0.15, 0.2) is 12.6 Å². The molecule has 0 aromatic heterocycles. The van der Waals surface area contributed by atoms with Gasteiger partial charge in [-0.15, -0.1) is 0 Å². The fraction of sp³-hybridized carbons (Fsp3) is 0.909. The summed E-state index contributed by atoms with van der Waals surface area (Å²) in [5.74, 6) is -0.0444. The third kappa shape index (κ3) is 8.09. The van der Waals surface area contributed by atoms with Gasteiger partial charge >= 0.3 is 0 Å². The first kappa shape index (κ1) is 23.8. The summed E-state index contributed by atoms with van der Waals surface area (Å²) in [5.41, 5.74) is 0. The topological polar surface area (TPSA) is 77.4 Å². The van der Waals surface area contributed by atoms with Crippen LogP contribution in [0.4, 0.5) is 0 Å². The molecule has 164 valence electrons. The molecule has 2 rings (SSSR count). The van der Waals surface area contributed by atoms with Gasteiger partial charge in [0.2, 0.25) is 0 Å². The van der Waals surface area contributed by atoms with E-state index in [-0.39, 0.29) is 31.0 Å². The van der Waals surface area contributed by atoms with Gasteiger partial charge in [-0.25, -0.2) is 0 Å². The highest BCUT2D eigenvalue weighted by molar-refractivity contribution is 5.01. The SMILES string of the molecule is CCCCCC(C=C[C@H]1O[C@@H](OC)C[C@@H](O)[C@H]1CCCO)OC1CCCCO1. The molecule has 6 nitrogen and oxygen atoms in total. The number of aliphatic hydroxyl groups excluding tert-OH is 2. The van der Waals surface area contributed by atoms with Crippen molar-refractivity contribution in [3.8, 4) is 0 Å². The third-order valence-corrected chi connectivity index (χ3v) is 5.69. The molecule has 6 heteroatoms. The largest absolute Gasteiger partial charge is 0.396 e. The van der Waals surface area contributed by atoms with Crippen molar-refractivity contribution >= 4 is 0 Å². The Morgan fingerprint density at radius 2 is 2.04 bits per heavy atom. The van der Waals surface area contributed by atoms with Gasteiger partial charge in [-0.05, 0) is 38.5 Å². The predicted octanol–water partition coefficient (Wildman–Crippen LogP) is 3.55. The van der Waals surface area contributed by atoms with Crippen molar-refractivity contribution in [1.29, 1.82) is 0 Å². The molecule has 0 aromatic carbocycles. The van der Waals surface area contributed by atoms with E-state index in [1.54, 1.807) is 7.11 Å². The van der Waals surface area contributed by atoms with E-state index in [1.807, 2.05) is 6.08 Å². The second-order valence-electron chi connectivity index (χ2n) is 7.95. The average Bonchev–Trinajstić information content (AvgIpc) is 2.71. The number of rotatable bonds is 12. The van der Waals surface area contributed by atoms with Gasteiger partial charge < -0.3 is 29.2 Å². The Bertz CT molecular complexity index is 423. The number of unbranched alkanes of at least 4 members (excludes halogenated alkanes) is 2. The lowest BCUT2D eigenvalue weighted by Crippen LogP contribution is -2.44. The van der Waals surface area contributed by atoms with E-state index >= 15 is 0 Å². The van der Waals surface area contributed by atoms with Crippen LogP contribution >= 0.6 is 0 Å². The molecule has 0 amide bonds. The molecule has 2 N–H and O–H groups in total. The third-order valence-electron chi connectivity index (χ3n) is 5.69. The molecule has 0 radical (unpaired) electrons. The van der Waals surface area contributed by atoms with Gasteiger partial charge in [0.05, 0.1) is 18.3 Å². The molecule has 0 bridgehead atoms. The second-order valence-corrected chi connectivity index (χ2v) is 7.95. The Hall–Kier alpha value is -0.500. The first-order valence-corrected chi connectivity index (χ1v) is 11.1. The first-order chi connectivity index (χ1) is 13.7. The zero-order valence-corrected chi connectivity index (χ0v) is 17.6. The molecule has 0 aliphatic carbocycles. The molecule has 2 fully saturated rings. The minimum atomic E-state index is -0.499. The molecule has 2 heterocycles. The minimum Gasteiger partial charge on any atom is -0.396 e. The van der Waals surface area contributed by atoms with E-state index in [0.717, 1.165) is 45.1 Å². The molecule has 28 heavy (non-hydrogen) atoms. The van der Waals surface area contributed by atoms with E-state index in [0.29, 0.717) is 12.8 Å². The van der Waals surface area contributed by atoms with Crippen LogP contribution in [0.5, 0.6) is 0 Å². The normalized spacial score (nSPS) is 32.6. The van der Waals surface area contributed by atoms with E-state index in [1.165, 1.54) is 12.8 Å². The van der Waals surface area contributed by atoms with Gasteiger partial charge in [0.1, 0.15) is 0 Å². The average molecular weight is 401 g/mol. The van der Waals surface area contributed by atoms with Crippen molar-refractivity contribution in [2.24, 2.45) is 5.92 Å². The van der Waals surface area contributed by atoms with Crippen LogP contribution in [0.3, 0.4) is 0 Å². The van der Waals surface area contributed by atoms with Crippen LogP contribution in [0.25, 0.3) is 0 Å². The summed E-state index contributed by atoms with van der Waals surface area (Å²) in [4.78, 5) is 0. The van der Waals surface area contributed by atoms with Crippen LogP contribution in [0.2, 0.25) is 0 Å². The second kappa shape index (κ2) is 13.7. The summed E-state index contributed by atoms with van der Waals surface area (Å²) < 4.78 is 23.4. The van der Waals surface area contributed by atoms with Crippen molar-refractivity contribution < 1.29 is 29.2 Å². The van der Waals surface area contributed by atoms with Crippen molar-refractivity contribution in [2.75, 3.05) is 20.3 Å². The van der Waals surface area contributed by atoms with E-state index in [9.17, 15) is 10.2 Å². The van der Waals surface area contributed by atoms with Gasteiger partial charge in [-0.2, -0.15) is 0 Å². The summed E-state index contributed by atoms with van der Waals surface area (Å²) in [6, 6.07) is 0. The van der Waals surface area contributed by atoms with Crippen molar-refractivity contribution in [3.63, 3.8) is 0 Å². The maximum atomic E-state index is 10.5. The fourth-order valence-electron chi connectivity index (χ4n) is 4.00. The Labute approximate surface area is 170 Å². The maximum absolute atomic E-state index is 10.5. The van der Waals surface area contributed by atoms with Crippen LogP contribution in [0.15, 0.2) is 12.2 Å². The number of methoxy groups -OCH3 is 1. The van der Waals surface area contributed by atoms with E-state index < -0.39 is 12.4 Å². The van der Waals surface area contributed by atoms with Crippen LogP contribution in [-0.2, 0) is 18.9 Å². The molecular weight excluding hydrogens is 360 g/mol. The molecule has 2 saturated heterocycles. The summed E-state index contributed by atoms with van der Waals surface area (Å²) in [7, 11) is 1.60. The highest BCUT2D eigenvalue weighted by atomic mass is 16.7. The zero-order valence-electron chi connectivity index (χ0n) is 17.6. The van der Waals surface area contributed by atoms with Crippen LogP contribution in [0.1, 0.15) is 71.1 Å². The molecule has 2 unspecified atom stereocenters. The maximum Gasteiger partial charge on any atom is 0.160 e. The zero-order chi connectivity index (χ0) is 20.2. The Balaban J connectivity index is 2.01. The first-order valence-electron chi connectivity index (χ1n) is 11.1. The summed E-state index contributed by atoms with van der Waals surface area (Å²) >= 11 is 0. The molecule has 6 atom stereocenters. The van der Waals surface area contributed by atoms with Crippen molar-refractivity contribution in [2.45, 2.75) is 102 Å². The molecule has 0 aromatic rings. The van der Waals surface area contributed by atoms with E-state index in [2.05, 4.69) is 13.0 Å². The lowest BCUT2D eigenvalue weighted by Gasteiger charge is -2.38. The molecular formula is C22H40O6. The Morgan fingerprint density at radius 1 is 1.18 bits per heavy atom. The number of aliphatic hydroxyl groups is 2. The lowest BCUT2D eigenvalue weighted by atomic mass is 9.86. The fourth-order valence-corrected chi connectivity index (χ4v) is 4.00. The Kier molecular flexibility index (Phi) is 11.6. The minimum absolute atomic E-state index is 0.0168. The van der Waals surface area contributed by atoms with Crippen LogP contribution < -0.4 is 0 Å². The molecule has 0 spiro atoms. The van der Waals surface area contributed by atoms with E-state index in [4.69, 9.17) is 18.9 Å². The number of ether oxygens (including phenoxy) is 4. The number of hydrogen-bond donors (Lipinski definition) is 2.